The van der Waals surface area contributed by atoms with Crippen molar-refractivity contribution >= 4 is 33.3 Å². The number of hydrogen-bond donors (Lipinski definition) is 0. The molecule has 1 aliphatic rings. The highest BCUT2D eigenvalue weighted by Crippen LogP contribution is 2.40. The van der Waals surface area contributed by atoms with Gasteiger partial charge in [0.1, 0.15) is 22.2 Å². The van der Waals surface area contributed by atoms with E-state index in [2.05, 4.69) is 34.6 Å². The van der Waals surface area contributed by atoms with Gasteiger partial charge in [0.05, 0.1) is 11.4 Å². The Hall–Kier alpha value is -3.30. The Morgan fingerprint density at radius 3 is 2.69 bits per heavy atom. The summed E-state index contributed by atoms with van der Waals surface area (Å²) in [5, 5.41) is 14.6. The molecule has 6 rings (SSSR count). The van der Waals surface area contributed by atoms with Crippen LogP contribution < -0.4 is 4.74 Å². The number of nitrogens with zero attached hydrogens (tertiary/aromatic N) is 6. The molecule has 176 valence electrons. The third-order valence-corrected chi connectivity index (χ3v) is 8.25. The van der Waals surface area contributed by atoms with Crippen LogP contribution in [0, 0.1) is 6.92 Å². The van der Waals surface area contributed by atoms with Crippen LogP contribution in [0.5, 0.6) is 5.75 Å². The first kappa shape index (κ1) is 22.2. The highest BCUT2D eigenvalue weighted by Gasteiger charge is 2.22. The van der Waals surface area contributed by atoms with Gasteiger partial charge >= 0.3 is 0 Å². The summed E-state index contributed by atoms with van der Waals surface area (Å²) in [6.45, 7) is 2.40. The summed E-state index contributed by atoms with van der Waals surface area (Å²) in [6, 6.07) is 18.0. The lowest BCUT2D eigenvalue weighted by atomic mass is 9.97. The number of benzene rings is 2. The van der Waals surface area contributed by atoms with Gasteiger partial charge < -0.3 is 4.74 Å². The summed E-state index contributed by atoms with van der Waals surface area (Å²) >= 11 is 3.48. The predicted molar refractivity (Wildman–Crippen MR) is 138 cm³/mol. The largest absolute Gasteiger partial charge is 0.486 e. The molecule has 0 spiro atoms. The number of aromatic nitrogens is 6. The zero-order chi connectivity index (χ0) is 23.6. The predicted octanol–water partition coefficient (Wildman–Crippen LogP) is 5.73. The Bertz CT molecular complexity index is 1460. The molecule has 1 aliphatic carbocycles. The minimum absolute atomic E-state index is 0.331. The molecule has 2 aromatic carbocycles. The van der Waals surface area contributed by atoms with Crippen LogP contribution >= 0.6 is 23.1 Å². The first-order chi connectivity index (χ1) is 17.2. The van der Waals surface area contributed by atoms with Crippen molar-refractivity contribution in [1.29, 1.82) is 0 Å². The van der Waals surface area contributed by atoms with Crippen molar-refractivity contribution in [2.45, 2.75) is 50.0 Å². The number of thioether (sulfide) groups is 1. The third kappa shape index (κ3) is 4.66. The standard InChI is InChI=1S/C26H24N6OS2/c1-17-11-13-18(14-12-17)32-23(29-30-31-32)16-34-25-24-20-9-5-6-10-21(20)35-26(24)28-22(27-25)15-33-19-7-3-2-4-8-19/h2-4,7-8,11-14H,5-6,9-10,15-16H2,1H3. The van der Waals surface area contributed by atoms with Gasteiger partial charge in [0.25, 0.3) is 0 Å². The summed E-state index contributed by atoms with van der Waals surface area (Å²) in [5.41, 5.74) is 3.58. The van der Waals surface area contributed by atoms with Crippen molar-refractivity contribution in [3.63, 3.8) is 0 Å². The second kappa shape index (κ2) is 9.75. The van der Waals surface area contributed by atoms with Crippen LogP contribution in [-0.4, -0.2) is 30.2 Å². The van der Waals surface area contributed by atoms with E-state index in [1.165, 1.54) is 34.2 Å². The fourth-order valence-corrected chi connectivity index (χ4v) is 6.64. The molecule has 0 bridgehead atoms. The van der Waals surface area contributed by atoms with Gasteiger partial charge in [0.2, 0.25) is 0 Å². The zero-order valence-corrected chi connectivity index (χ0v) is 21.0. The van der Waals surface area contributed by atoms with Gasteiger partial charge in [-0.1, -0.05) is 47.7 Å². The van der Waals surface area contributed by atoms with E-state index < -0.39 is 0 Å². The molecule has 9 heteroatoms. The molecule has 0 unspecified atom stereocenters. The molecular weight excluding hydrogens is 476 g/mol. The van der Waals surface area contributed by atoms with Crippen LogP contribution in [0.1, 0.15) is 40.5 Å². The van der Waals surface area contributed by atoms with E-state index >= 15 is 0 Å². The average molecular weight is 501 g/mol. The van der Waals surface area contributed by atoms with E-state index in [1.807, 2.05) is 53.8 Å². The number of tetrazole rings is 1. The molecule has 0 amide bonds. The number of hydrogen-bond acceptors (Lipinski definition) is 8. The molecule has 0 atom stereocenters. The van der Waals surface area contributed by atoms with E-state index in [0.717, 1.165) is 40.0 Å². The zero-order valence-electron chi connectivity index (χ0n) is 19.3. The quantitative estimate of drug-likeness (QED) is 0.209. The highest BCUT2D eigenvalue weighted by atomic mass is 32.2. The highest BCUT2D eigenvalue weighted by molar-refractivity contribution is 7.98. The molecule has 0 aliphatic heterocycles. The summed E-state index contributed by atoms with van der Waals surface area (Å²) < 4.78 is 7.77. The molecule has 35 heavy (non-hydrogen) atoms. The molecule has 0 N–H and O–H groups in total. The van der Waals surface area contributed by atoms with Crippen molar-refractivity contribution in [3.05, 3.63) is 82.3 Å². The summed E-state index contributed by atoms with van der Waals surface area (Å²) in [6.07, 6.45) is 4.67. The maximum atomic E-state index is 5.97. The van der Waals surface area contributed by atoms with E-state index in [9.17, 15) is 0 Å². The third-order valence-electron chi connectivity index (χ3n) is 6.09. The first-order valence-electron chi connectivity index (χ1n) is 11.7. The fraction of sp³-hybridized carbons (Fsp3) is 0.269. The molecule has 3 heterocycles. The van der Waals surface area contributed by atoms with Crippen molar-refractivity contribution in [2.24, 2.45) is 0 Å². The first-order valence-corrected chi connectivity index (χ1v) is 13.5. The maximum absolute atomic E-state index is 5.97. The van der Waals surface area contributed by atoms with Gasteiger partial charge in [0, 0.05) is 10.3 Å². The number of fused-ring (bicyclic) bond motifs is 3. The number of aryl methyl sites for hydroxylation is 3. The number of rotatable bonds is 7. The Morgan fingerprint density at radius 1 is 1.00 bits per heavy atom. The number of thiophene rings is 1. The lowest BCUT2D eigenvalue weighted by Crippen LogP contribution is -2.05. The molecule has 3 aromatic heterocycles. The van der Waals surface area contributed by atoms with E-state index in [0.29, 0.717) is 18.2 Å². The maximum Gasteiger partial charge on any atom is 0.168 e. The molecular formula is C26H24N6OS2. The van der Waals surface area contributed by atoms with Crippen molar-refractivity contribution < 1.29 is 4.74 Å². The van der Waals surface area contributed by atoms with Crippen LogP contribution in [0.25, 0.3) is 15.9 Å². The van der Waals surface area contributed by atoms with E-state index in [4.69, 9.17) is 14.7 Å². The normalized spacial score (nSPS) is 13.2. The van der Waals surface area contributed by atoms with E-state index in [1.54, 1.807) is 16.4 Å². The van der Waals surface area contributed by atoms with Crippen LogP contribution in [0.2, 0.25) is 0 Å². The molecule has 0 saturated heterocycles. The second-order valence-electron chi connectivity index (χ2n) is 8.57. The number of ether oxygens (including phenoxy) is 1. The molecule has 0 radical (unpaired) electrons. The van der Waals surface area contributed by atoms with Crippen molar-refractivity contribution in [1.82, 2.24) is 30.2 Å². The van der Waals surface area contributed by atoms with Crippen LogP contribution in [0.3, 0.4) is 0 Å². The van der Waals surface area contributed by atoms with Gasteiger partial charge in [-0.3, -0.25) is 0 Å². The van der Waals surface area contributed by atoms with Crippen LogP contribution in [-0.2, 0) is 25.2 Å². The van der Waals surface area contributed by atoms with Gasteiger partial charge in [-0.2, -0.15) is 4.68 Å². The Morgan fingerprint density at radius 2 is 1.83 bits per heavy atom. The van der Waals surface area contributed by atoms with Crippen LogP contribution in [0.4, 0.5) is 0 Å². The molecule has 0 fully saturated rings. The fourth-order valence-electron chi connectivity index (χ4n) is 4.31. The van der Waals surface area contributed by atoms with Gasteiger partial charge in [-0.05, 0) is 72.9 Å². The Balaban J connectivity index is 1.32. The van der Waals surface area contributed by atoms with Crippen molar-refractivity contribution in [2.75, 3.05) is 0 Å². The van der Waals surface area contributed by atoms with Gasteiger partial charge in [-0.15, -0.1) is 16.4 Å². The number of para-hydroxylation sites is 1. The minimum atomic E-state index is 0.331. The SMILES string of the molecule is Cc1ccc(-n2nnnc2CSc2nc(COc3ccccc3)nc3sc4c(c23)CCCC4)cc1. The summed E-state index contributed by atoms with van der Waals surface area (Å²) in [4.78, 5) is 12.4. The monoisotopic (exact) mass is 500 g/mol. The smallest absolute Gasteiger partial charge is 0.168 e. The Labute approximate surface area is 211 Å². The molecule has 5 aromatic rings. The van der Waals surface area contributed by atoms with Gasteiger partial charge in [-0.25, -0.2) is 9.97 Å². The second-order valence-corrected chi connectivity index (χ2v) is 10.6. The Kier molecular flexibility index (Phi) is 6.18. The minimum Gasteiger partial charge on any atom is -0.486 e. The van der Waals surface area contributed by atoms with E-state index in [-0.39, 0.29) is 0 Å². The molecule has 7 nitrogen and oxygen atoms in total. The van der Waals surface area contributed by atoms with Crippen LogP contribution in [0.15, 0.2) is 59.6 Å². The molecule has 0 saturated carbocycles. The summed E-state index contributed by atoms with van der Waals surface area (Å²) in [5.74, 6) is 2.90. The van der Waals surface area contributed by atoms with Crippen molar-refractivity contribution in [3.8, 4) is 11.4 Å². The lowest BCUT2D eigenvalue weighted by molar-refractivity contribution is 0.295. The summed E-state index contributed by atoms with van der Waals surface area (Å²) in [7, 11) is 0. The average Bonchev–Trinajstić information content (AvgIpc) is 3.51. The lowest BCUT2D eigenvalue weighted by Gasteiger charge is -2.12. The van der Waals surface area contributed by atoms with Gasteiger partial charge in [0.15, 0.2) is 11.6 Å². The topological polar surface area (TPSA) is 78.6 Å².